The lowest BCUT2D eigenvalue weighted by molar-refractivity contribution is -0.134. The summed E-state index contributed by atoms with van der Waals surface area (Å²) >= 11 is 0. The number of nitrogens with zero attached hydrogens (tertiary/aromatic N) is 2. The van der Waals surface area contributed by atoms with Gasteiger partial charge in [-0.05, 0) is 70.9 Å². The van der Waals surface area contributed by atoms with Gasteiger partial charge in [-0.25, -0.2) is 4.79 Å². The molecule has 1 saturated carbocycles. The number of urea groups is 1. The summed E-state index contributed by atoms with van der Waals surface area (Å²) in [5, 5.41) is 8.82. The standard InChI is InChI=1S/C27H41N5O5/c1-31(2)14-6-13-28-25(33)16-20-10-11-22-24(37-20)17-36-23-12-9-19(15-21(23)26(34)32(22)3)30-27(35)29-18-7-4-5-8-18/h9,12,15,18,20,22,24H,4-8,10-11,13-14,16-17H2,1-3H3,(H,28,33)(H2,29,30,35)/t20-,22-,24-/m0/s1. The molecule has 2 heterocycles. The second-order valence-electron chi connectivity index (χ2n) is 10.7. The van der Waals surface area contributed by atoms with Gasteiger partial charge in [-0.3, -0.25) is 9.59 Å². The lowest BCUT2D eigenvalue weighted by Gasteiger charge is -2.42. The fourth-order valence-corrected chi connectivity index (χ4v) is 5.43. The summed E-state index contributed by atoms with van der Waals surface area (Å²) < 4.78 is 12.3. The van der Waals surface area contributed by atoms with E-state index >= 15 is 0 Å². The van der Waals surface area contributed by atoms with E-state index in [-0.39, 0.29) is 48.7 Å². The van der Waals surface area contributed by atoms with E-state index in [0.717, 1.165) is 45.1 Å². The number of carbonyl (C=O) groups is 3. The van der Waals surface area contributed by atoms with Gasteiger partial charge in [0.25, 0.3) is 5.91 Å². The first kappa shape index (κ1) is 27.2. The van der Waals surface area contributed by atoms with E-state index < -0.39 is 0 Å². The molecule has 0 spiro atoms. The normalized spacial score (nSPS) is 23.9. The molecule has 37 heavy (non-hydrogen) atoms. The molecule has 4 rings (SSSR count). The van der Waals surface area contributed by atoms with Gasteiger partial charge in [-0.1, -0.05) is 12.8 Å². The Kier molecular flexibility index (Phi) is 9.26. The molecule has 2 aliphatic heterocycles. The number of carbonyl (C=O) groups excluding carboxylic acids is 3. The minimum atomic E-state index is -0.322. The Labute approximate surface area is 219 Å². The zero-order valence-corrected chi connectivity index (χ0v) is 22.3. The molecule has 0 radical (unpaired) electrons. The molecule has 3 N–H and O–H groups in total. The van der Waals surface area contributed by atoms with Crippen LogP contribution in [0.15, 0.2) is 18.2 Å². The molecule has 3 atom stereocenters. The minimum absolute atomic E-state index is 0.0132. The molecule has 0 aromatic heterocycles. The van der Waals surface area contributed by atoms with Crippen molar-refractivity contribution in [2.75, 3.05) is 46.2 Å². The second-order valence-corrected chi connectivity index (χ2v) is 10.7. The van der Waals surface area contributed by atoms with Crippen LogP contribution in [0.3, 0.4) is 0 Å². The molecule has 0 bridgehead atoms. The highest BCUT2D eigenvalue weighted by Crippen LogP contribution is 2.32. The predicted molar refractivity (Wildman–Crippen MR) is 141 cm³/mol. The first-order valence-corrected chi connectivity index (χ1v) is 13.5. The van der Waals surface area contributed by atoms with Crippen LogP contribution >= 0.6 is 0 Å². The van der Waals surface area contributed by atoms with Crippen molar-refractivity contribution in [3.63, 3.8) is 0 Å². The van der Waals surface area contributed by atoms with Crippen molar-refractivity contribution < 1.29 is 23.9 Å². The average molecular weight is 516 g/mol. The molecule has 0 unspecified atom stereocenters. The SMILES string of the molecule is CN(C)CCCNC(=O)C[C@@H]1CC[C@H]2[C@H](COc3ccc(NC(=O)NC4CCCC4)cc3C(=O)N2C)O1. The summed E-state index contributed by atoms with van der Waals surface area (Å²) in [6, 6.07) is 4.94. The Morgan fingerprint density at radius 2 is 1.92 bits per heavy atom. The van der Waals surface area contributed by atoms with Crippen molar-refractivity contribution in [2.24, 2.45) is 0 Å². The second kappa shape index (κ2) is 12.6. The maximum Gasteiger partial charge on any atom is 0.319 e. The van der Waals surface area contributed by atoms with Gasteiger partial charge in [-0.2, -0.15) is 0 Å². The summed E-state index contributed by atoms with van der Waals surface area (Å²) in [5.74, 6) is 0.271. The van der Waals surface area contributed by atoms with Crippen LogP contribution in [0, 0.1) is 0 Å². The molecule has 1 saturated heterocycles. The number of nitrogens with one attached hydrogen (secondary N) is 3. The third-order valence-corrected chi connectivity index (χ3v) is 7.48. The van der Waals surface area contributed by atoms with Crippen LogP contribution in [0.25, 0.3) is 0 Å². The summed E-state index contributed by atoms with van der Waals surface area (Å²) in [4.78, 5) is 42.0. The van der Waals surface area contributed by atoms with E-state index in [2.05, 4.69) is 20.9 Å². The highest BCUT2D eigenvalue weighted by atomic mass is 16.5. The molecule has 1 aromatic rings. The molecule has 204 valence electrons. The third kappa shape index (κ3) is 7.35. The number of hydrogen-bond donors (Lipinski definition) is 3. The first-order chi connectivity index (χ1) is 17.8. The monoisotopic (exact) mass is 515 g/mol. The number of anilines is 1. The number of ether oxygens (including phenoxy) is 2. The van der Waals surface area contributed by atoms with E-state index in [1.165, 1.54) is 0 Å². The molecule has 4 amide bonds. The fraction of sp³-hybridized carbons (Fsp3) is 0.667. The highest BCUT2D eigenvalue weighted by Gasteiger charge is 2.39. The van der Waals surface area contributed by atoms with Crippen molar-refractivity contribution in [1.82, 2.24) is 20.4 Å². The molecule has 10 nitrogen and oxygen atoms in total. The average Bonchev–Trinajstić information content (AvgIpc) is 3.37. The van der Waals surface area contributed by atoms with Gasteiger partial charge in [0, 0.05) is 25.3 Å². The van der Waals surface area contributed by atoms with Gasteiger partial charge in [0.05, 0.1) is 24.1 Å². The zero-order valence-electron chi connectivity index (χ0n) is 22.3. The lowest BCUT2D eigenvalue weighted by Crippen LogP contribution is -2.54. The van der Waals surface area contributed by atoms with Crippen molar-refractivity contribution >= 4 is 23.5 Å². The number of fused-ring (bicyclic) bond motifs is 2. The fourth-order valence-electron chi connectivity index (χ4n) is 5.43. The number of rotatable bonds is 8. The lowest BCUT2D eigenvalue weighted by atomic mass is 9.94. The number of hydrogen-bond acceptors (Lipinski definition) is 6. The summed E-state index contributed by atoms with van der Waals surface area (Å²) in [5.41, 5.74) is 0.965. The van der Waals surface area contributed by atoms with Crippen molar-refractivity contribution in [3.05, 3.63) is 23.8 Å². The highest BCUT2D eigenvalue weighted by molar-refractivity contribution is 5.99. The van der Waals surface area contributed by atoms with Crippen molar-refractivity contribution in [2.45, 2.75) is 75.7 Å². The van der Waals surface area contributed by atoms with Gasteiger partial charge >= 0.3 is 6.03 Å². The van der Waals surface area contributed by atoms with Gasteiger partial charge in [0.2, 0.25) is 5.91 Å². The molecule has 10 heteroatoms. The molecular weight excluding hydrogens is 474 g/mol. The smallest absolute Gasteiger partial charge is 0.319 e. The summed E-state index contributed by atoms with van der Waals surface area (Å²) in [6.07, 6.45) is 6.38. The van der Waals surface area contributed by atoms with Crippen LogP contribution < -0.4 is 20.7 Å². The Balaban J connectivity index is 1.34. The molecule has 2 fully saturated rings. The Morgan fingerprint density at radius 3 is 2.68 bits per heavy atom. The van der Waals surface area contributed by atoms with E-state index in [0.29, 0.717) is 36.4 Å². The maximum absolute atomic E-state index is 13.4. The Bertz CT molecular complexity index is 965. The molecule has 1 aromatic carbocycles. The van der Waals surface area contributed by atoms with Crippen LogP contribution in [-0.2, 0) is 9.53 Å². The van der Waals surface area contributed by atoms with Crippen molar-refractivity contribution in [3.8, 4) is 5.75 Å². The minimum Gasteiger partial charge on any atom is -0.490 e. The Morgan fingerprint density at radius 1 is 1.14 bits per heavy atom. The Hall–Kier alpha value is -2.85. The van der Waals surface area contributed by atoms with E-state index in [4.69, 9.17) is 9.47 Å². The number of likely N-dealkylation sites (N-methyl/N-ethyl adjacent to an activating group) is 1. The first-order valence-electron chi connectivity index (χ1n) is 13.5. The topological polar surface area (TPSA) is 112 Å². The number of amides is 4. The van der Waals surface area contributed by atoms with Crippen LogP contribution in [0.4, 0.5) is 10.5 Å². The summed E-state index contributed by atoms with van der Waals surface area (Å²) in [6.45, 7) is 1.85. The largest absolute Gasteiger partial charge is 0.490 e. The van der Waals surface area contributed by atoms with Crippen molar-refractivity contribution in [1.29, 1.82) is 0 Å². The van der Waals surface area contributed by atoms with E-state index in [9.17, 15) is 14.4 Å². The van der Waals surface area contributed by atoms with Gasteiger partial charge in [-0.15, -0.1) is 0 Å². The van der Waals surface area contributed by atoms with Crippen LogP contribution in [0.2, 0.25) is 0 Å². The summed E-state index contributed by atoms with van der Waals surface area (Å²) in [7, 11) is 5.80. The van der Waals surface area contributed by atoms with E-state index in [1.54, 1.807) is 30.1 Å². The van der Waals surface area contributed by atoms with Crippen LogP contribution in [-0.4, -0.2) is 92.8 Å². The van der Waals surface area contributed by atoms with Crippen LogP contribution in [0.1, 0.15) is 61.7 Å². The van der Waals surface area contributed by atoms with Crippen LogP contribution in [0.5, 0.6) is 5.75 Å². The van der Waals surface area contributed by atoms with Gasteiger partial charge < -0.3 is 35.2 Å². The zero-order chi connectivity index (χ0) is 26.4. The maximum atomic E-state index is 13.4. The third-order valence-electron chi connectivity index (χ3n) is 7.48. The molecular formula is C27H41N5O5. The quantitative estimate of drug-likeness (QED) is 0.459. The van der Waals surface area contributed by atoms with E-state index in [1.807, 2.05) is 14.1 Å². The predicted octanol–water partition coefficient (Wildman–Crippen LogP) is 2.59. The molecule has 1 aliphatic carbocycles. The molecule has 3 aliphatic rings. The number of benzene rings is 1. The van der Waals surface area contributed by atoms with Gasteiger partial charge in [0.1, 0.15) is 18.5 Å². The van der Waals surface area contributed by atoms with Gasteiger partial charge in [0.15, 0.2) is 0 Å².